The second kappa shape index (κ2) is 3.70. The lowest BCUT2D eigenvalue weighted by Gasteiger charge is -2.16. The summed E-state index contributed by atoms with van der Waals surface area (Å²) in [5.74, 6) is 0.718. The Balaban J connectivity index is 2.29. The van der Waals surface area contributed by atoms with Crippen LogP contribution in [0.5, 0.6) is 5.75 Å². The highest BCUT2D eigenvalue weighted by atomic mass is 19.3. The molecule has 0 saturated carbocycles. The minimum Gasteiger partial charge on any atom is -0.487 e. The fourth-order valence-corrected chi connectivity index (χ4v) is 1.96. The van der Waals surface area contributed by atoms with Gasteiger partial charge in [0, 0.05) is 6.42 Å². The van der Waals surface area contributed by atoms with Crippen molar-refractivity contribution in [1.82, 2.24) is 0 Å². The van der Waals surface area contributed by atoms with Crippen LogP contribution in [0.2, 0.25) is 0 Å². The van der Waals surface area contributed by atoms with E-state index in [1.54, 1.807) is 12.1 Å². The maximum absolute atomic E-state index is 12.3. The van der Waals surface area contributed by atoms with Gasteiger partial charge in [0.2, 0.25) is 0 Å². The Morgan fingerprint density at radius 3 is 2.69 bits per heavy atom. The molecule has 16 heavy (non-hydrogen) atoms. The number of fused-ring (bicyclic) bond motifs is 1. The van der Waals surface area contributed by atoms with E-state index in [1.807, 2.05) is 13.8 Å². The molecule has 0 aliphatic carbocycles. The van der Waals surface area contributed by atoms with Crippen molar-refractivity contribution in [2.75, 3.05) is 0 Å². The molecule has 1 heterocycles. The van der Waals surface area contributed by atoms with Crippen LogP contribution in [0.1, 0.15) is 31.1 Å². The molecule has 1 atom stereocenters. The third-order valence-corrected chi connectivity index (χ3v) is 2.67. The van der Waals surface area contributed by atoms with Crippen LogP contribution in [0.3, 0.4) is 0 Å². The Labute approximate surface area is 92.9 Å². The minimum atomic E-state index is -2.76. The van der Waals surface area contributed by atoms with E-state index in [-0.39, 0.29) is 11.2 Å². The summed E-state index contributed by atoms with van der Waals surface area (Å²) >= 11 is 0. The van der Waals surface area contributed by atoms with Gasteiger partial charge in [-0.05, 0) is 37.1 Å². The normalized spacial score (nSPS) is 19.4. The maximum atomic E-state index is 12.3. The first-order valence-electron chi connectivity index (χ1n) is 5.17. The number of aliphatic hydroxyl groups is 1. The molecular formula is C12H14F2O2. The van der Waals surface area contributed by atoms with Crippen LogP contribution in [-0.4, -0.2) is 17.1 Å². The van der Waals surface area contributed by atoms with Crippen LogP contribution in [0, 0.1) is 0 Å². The third-order valence-electron chi connectivity index (χ3n) is 2.67. The lowest BCUT2D eigenvalue weighted by molar-refractivity contribution is -0.00581. The molecule has 0 bridgehead atoms. The summed E-state index contributed by atoms with van der Waals surface area (Å²) in [4.78, 5) is 0. The number of hydrogen-bond donors (Lipinski definition) is 1. The van der Waals surface area contributed by atoms with Crippen molar-refractivity contribution in [2.24, 2.45) is 0 Å². The molecule has 4 heteroatoms. The molecule has 0 amide bonds. The summed E-state index contributed by atoms with van der Waals surface area (Å²) < 4.78 is 30.3. The van der Waals surface area contributed by atoms with Crippen molar-refractivity contribution in [3.63, 3.8) is 0 Å². The topological polar surface area (TPSA) is 29.5 Å². The number of ether oxygens (including phenoxy) is 1. The monoisotopic (exact) mass is 228 g/mol. The Hall–Kier alpha value is -1.16. The van der Waals surface area contributed by atoms with Crippen molar-refractivity contribution in [2.45, 2.75) is 38.4 Å². The SMILES string of the molecule is CC1(C)Cc2cc(C(O)C(F)F)ccc2O1. The zero-order chi connectivity index (χ0) is 11.9. The van der Waals surface area contributed by atoms with Crippen LogP contribution in [0.4, 0.5) is 8.78 Å². The summed E-state index contributed by atoms with van der Waals surface area (Å²) in [6.07, 6.45) is -3.80. The van der Waals surface area contributed by atoms with Crippen molar-refractivity contribution in [3.8, 4) is 5.75 Å². The molecule has 1 N–H and O–H groups in total. The summed E-state index contributed by atoms with van der Waals surface area (Å²) in [6, 6.07) is 4.73. The van der Waals surface area contributed by atoms with E-state index >= 15 is 0 Å². The molecule has 0 spiro atoms. The van der Waals surface area contributed by atoms with E-state index in [0.29, 0.717) is 6.42 Å². The highest BCUT2D eigenvalue weighted by Crippen LogP contribution is 2.36. The summed E-state index contributed by atoms with van der Waals surface area (Å²) in [5.41, 5.74) is 0.828. The van der Waals surface area contributed by atoms with E-state index in [4.69, 9.17) is 4.74 Å². The average Bonchev–Trinajstić information content (AvgIpc) is 2.48. The predicted octanol–water partition coefficient (Wildman–Crippen LogP) is 2.70. The van der Waals surface area contributed by atoms with Crippen molar-refractivity contribution >= 4 is 0 Å². The van der Waals surface area contributed by atoms with E-state index < -0.39 is 12.5 Å². The van der Waals surface area contributed by atoms with Crippen LogP contribution in [0.25, 0.3) is 0 Å². The van der Waals surface area contributed by atoms with Crippen molar-refractivity contribution in [1.29, 1.82) is 0 Å². The molecule has 88 valence electrons. The quantitative estimate of drug-likeness (QED) is 0.843. The van der Waals surface area contributed by atoms with Crippen LogP contribution < -0.4 is 4.74 Å². The Bertz CT molecular complexity index is 402. The van der Waals surface area contributed by atoms with Gasteiger partial charge in [0.05, 0.1) is 0 Å². The lowest BCUT2D eigenvalue weighted by Crippen LogP contribution is -2.24. The fourth-order valence-electron chi connectivity index (χ4n) is 1.96. The second-order valence-corrected chi connectivity index (χ2v) is 4.68. The highest BCUT2D eigenvalue weighted by Gasteiger charge is 2.31. The first kappa shape index (κ1) is 11.3. The molecule has 1 aromatic carbocycles. The molecule has 1 aromatic rings. The van der Waals surface area contributed by atoms with Gasteiger partial charge in [-0.1, -0.05) is 6.07 Å². The molecule has 1 unspecified atom stereocenters. The van der Waals surface area contributed by atoms with Gasteiger partial charge in [-0.2, -0.15) is 0 Å². The summed E-state index contributed by atoms with van der Waals surface area (Å²) in [7, 11) is 0. The van der Waals surface area contributed by atoms with E-state index in [9.17, 15) is 13.9 Å². The van der Waals surface area contributed by atoms with Crippen molar-refractivity contribution in [3.05, 3.63) is 29.3 Å². The number of rotatable bonds is 2. The number of benzene rings is 1. The second-order valence-electron chi connectivity index (χ2n) is 4.68. The standard InChI is InChI=1S/C12H14F2O2/c1-12(2)6-8-5-7(10(15)11(13)14)3-4-9(8)16-12/h3-5,10-11,15H,6H2,1-2H3. The Morgan fingerprint density at radius 2 is 2.06 bits per heavy atom. The molecule has 1 aliphatic heterocycles. The molecular weight excluding hydrogens is 214 g/mol. The zero-order valence-electron chi connectivity index (χ0n) is 9.21. The average molecular weight is 228 g/mol. The van der Waals surface area contributed by atoms with E-state index in [0.717, 1.165) is 11.3 Å². The maximum Gasteiger partial charge on any atom is 0.268 e. The molecule has 2 rings (SSSR count). The van der Waals surface area contributed by atoms with Gasteiger partial charge >= 0.3 is 0 Å². The minimum absolute atomic E-state index is 0.245. The summed E-state index contributed by atoms with van der Waals surface area (Å²) in [5, 5.41) is 9.27. The number of halogens is 2. The molecule has 0 aromatic heterocycles. The fraction of sp³-hybridized carbons (Fsp3) is 0.500. The zero-order valence-corrected chi connectivity index (χ0v) is 9.21. The number of hydrogen-bond acceptors (Lipinski definition) is 2. The van der Waals surface area contributed by atoms with Gasteiger partial charge in [0.1, 0.15) is 17.5 Å². The van der Waals surface area contributed by atoms with Crippen LogP contribution in [-0.2, 0) is 6.42 Å². The first-order chi connectivity index (χ1) is 7.39. The van der Waals surface area contributed by atoms with Gasteiger partial charge in [0.15, 0.2) is 0 Å². The third kappa shape index (κ3) is 2.02. The first-order valence-corrected chi connectivity index (χ1v) is 5.17. The van der Waals surface area contributed by atoms with Crippen molar-refractivity contribution < 1.29 is 18.6 Å². The Kier molecular flexibility index (Phi) is 2.62. The lowest BCUT2D eigenvalue weighted by atomic mass is 9.99. The van der Waals surface area contributed by atoms with Gasteiger partial charge in [0.25, 0.3) is 6.43 Å². The molecule has 0 fully saturated rings. The molecule has 1 aliphatic rings. The van der Waals surface area contributed by atoms with Crippen LogP contribution in [0.15, 0.2) is 18.2 Å². The number of aliphatic hydroxyl groups excluding tert-OH is 1. The van der Waals surface area contributed by atoms with E-state index in [1.165, 1.54) is 6.07 Å². The van der Waals surface area contributed by atoms with E-state index in [2.05, 4.69) is 0 Å². The predicted molar refractivity (Wildman–Crippen MR) is 55.8 cm³/mol. The smallest absolute Gasteiger partial charge is 0.268 e. The van der Waals surface area contributed by atoms with Gasteiger partial charge in [-0.25, -0.2) is 8.78 Å². The molecule has 2 nitrogen and oxygen atoms in total. The van der Waals surface area contributed by atoms with Crippen LogP contribution >= 0.6 is 0 Å². The highest BCUT2D eigenvalue weighted by molar-refractivity contribution is 5.42. The largest absolute Gasteiger partial charge is 0.487 e. The summed E-state index contributed by atoms with van der Waals surface area (Å²) in [6.45, 7) is 3.88. The molecule has 0 saturated heterocycles. The Morgan fingerprint density at radius 1 is 1.38 bits per heavy atom. The van der Waals surface area contributed by atoms with Gasteiger partial charge < -0.3 is 9.84 Å². The van der Waals surface area contributed by atoms with Gasteiger partial charge in [-0.3, -0.25) is 0 Å². The molecule has 0 radical (unpaired) electrons. The number of alkyl halides is 2. The van der Waals surface area contributed by atoms with Gasteiger partial charge in [-0.15, -0.1) is 0 Å².